The number of rotatable bonds is 5. The monoisotopic (exact) mass is 342 g/mol. The second-order valence-electron chi connectivity index (χ2n) is 6.38. The molecule has 1 atom stereocenters. The molecule has 2 aromatic rings. The molecule has 0 spiro atoms. The van der Waals surface area contributed by atoms with E-state index in [1.165, 1.54) is 12.1 Å². The summed E-state index contributed by atoms with van der Waals surface area (Å²) in [5.41, 5.74) is 0.843. The minimum atomic E-state index is -0.747. The summed E-state index contributed by atoms with van der Waals surface area (Å²) in [5.74, 6) is -0.270. The highest BCUT2D eigenvalue weighted by molar-refractivity contribution is 5.85. The van der Waals surface area contributed by atoms with Crippen molar-refractivity contribution in [3.63, 3.8) is 0 Å². The molecule has 2 heterocycles. The number of nitrogens with zero attached hydrogens (tertiary/aromatic N) is 2. The maximum Gasteiger partial charge on any atom is 0.125 e. The SMILES string of the molecule is CC(O)(CCc1n[nH]c2cc(F)ccc12)CN1CCNCC1.Cl. The van der Waals surface area contributed by atoms with Crippen molar-refractivity contribution in [3.05, 3.63) is 29.7 Å². The van der Waals surface area contributed by atoms with Gasteiger partial charge in [0.1, 0.15) is 5.82 Å². The molecule has 1 aliphatic rings. The van der Waals surface area contributed by atoms with Crippen LogP contribution in [0.2, 0.25) is 0 Å². The molecule has 1 fully saturated rings. The maximum absolute atomic E-state index is 13.2. The van der Waals surface area contributed by atoms with Gasteiger partial charge in [0.2, 0.25) is 0 Å². The predicted octanol–water partition coefficient (Wildman–Crippen LogP) is 1.71. The third-order valence-corrected chi connectivity index (χ3v) is 4.28. The number of aromatic amines is 1. The van der Waals surface area contributed by atoms with Crippen LogP contribution in [0.25, 0.3) is 10.9 Å². The van der Waals surface area contributed by atoms with E-state index < -0.39 is 5.60 Å². The lowest BCUT2D eigenvalue weighted by Crippen LogP contribution is -2.49. The Morgan fingerprint density at radius 3 is 2.83 bits per heavy atom. The molecule has 3 N–H and O–H groups in total. The quantitative estimate of drug-likeness (QED) is 0.774. The Bertz CT molecular complexity index is 640. The van der Waals surface area contributed by atoms with E-state index in [2.05, 4.69) is 20.4 Å². The number of H-pyrrole nitrogens is 1. The van der Waals surface area contributed by atoms with Crippen LogP contribution in [-0.2, 0) is 6.42 Å². The van der Waals surface area contributed by atoms with Gasteiger partial charge < -0.3 is 10.4 Å². The van der Waals surface area contributed by atoms with E-state index in [-0.39, 0.29) is 18.2 Å². The Kier molecular flexibility index (Phi) is 5.97. The molecule has 0 aliphatic carbocycles. The number of hydrogen-bond donors (Lipinski definition) is 3. The molecular formula is C16H24ClFN4O. The average Bonchev–Trinajstić information content (AvgIpc) is 2.88. The lowest BCUT2D eigenvalue weighted by Gasteiger charge is -2.34. The second-order valence-corrected chi connectivity index (χ2v) is 6.38. The van der Waals surface area contributed by atoms with Gasteiger partial charge in [-0.25, -0.2) is 4.39 Å². The molecule has 1 unspecified atom stereocenters. The fraction of sp³-hybridized carbons (Fsp3) is 0.562. The normalized spacial score (nSPS) is 18.6. The molecule has 7 heteroatoms. The van der Waals surface area contributed by atoms with Crippen LogP contribution in [0.5, 0.6) is 0 Å². The van der Waals surface area contributed by atoms with Crippen LogP contribution in [0.1, 0.15) is 19.0 Å². The number of piperazine rings is 1. The summed E-state index contributed by atoms with van der Waals surface area (Å²) < 4.78 is 13.2. The molecule has 1 aromatic carbocycles. The summed E-state index contributed by atoms with van der Waals surface area (Å²) in [6, 6.07) is 4.64. The molecule has 0 saturated carbocycles. The van der Waals surface area contributed by atoms with Gasteiger partial charge in [-0.1, -0.05) is 0 Å². The van der Waals surface area contributed by atoms with Crippen LogP contribution in [-0.4, -0.2) is 58.5 Å². The van der Waals surface area contributed by atoms with Crippen LogP contribution in [0.15, 0.2) is 18.2 Å². The van der Waals surface area contributed by atoms with E-state index in [0.29, 0.717) is 24.9 Å². The van der Waals surface area contributed by atoms with Crippen LogP contribution in [0, 0.1) is 5.82 Å². The smallest absolute Gasteiger partial charge is 0.125 e. The van der Waals surface area contributed by atoms with Crippen LogP contribution in [0.3, 0.4) is 0 Å². The number of halogens is 2. The van der Waals surface area contributed by atoms with Crippen molar-refractivity contribution in [3.8, 4) is 0 Å². The molecule has 0 bridgehead atoms. The number of hydrogen-bond acceptors (Lipinski definition) is 4. The summed E-state index contributed by atoms with van der Waals surface area (Å²) in [6.45, 7) is 6.45. The van der Waals surface area contributed by atoms with Gasteiger partial charge >= 0.3 is 0 Å². The summed E-state index contributed by atoms with van der Waals surface area (Å²) in [6.07, 6.45) is 1.30. The highest BCUT2D eigenvalue weighted by atomic mass is 35.5. The van der Waals surface area contributed by atoms with Gasteiger partial charge in [0.25, 0.3) is 0 Å². The highest BCUT2D eigenvalue weighted by Crippen LogP contribution is 2.21. The second kappa shape index (κ2) is 7.57. The molecule has 23 heavy (non-hydrogen) atoms. The number of aliphatic hydroxyl groups is 1. The minimum absolute atomic E-state index is 0. The van der Waals surface area contributed by atoms with E-state index in [9.17, 15) is 9.50 Å². The van der Waals surface area contributed by atoms with Crippen molar-refractivity contribution in [2.24, 2.45) is 0 Å². The van der Waals surface area contributed by atoms with Crippen LogP contribution in [0.4, 0.5) is 4.39 Å². The van der Waals surface area contributed by atoms with Crippen molar-refractivity contribution < 1.29 is 9.50 Å². The van der Waals surface area contributed by atoms with Gasteiger partial charge in [0, 0.05) is 38.1 Å². The first-order valence-corrected chi connectivity index (χ1v) is 7.81. The van der Waals surface area contributed by atoms with Gasteiger partial charge in [-0.05, 0) is 38.0 Å². The van der Waals surface area contributed by atoms with Crippen molar-refractivity contribution >= 4 is 23.3 Å². The number of aromatic nitrogens is 2. The summed E-state index contributed by atoms with van der Waals surface area (Å²) >= 11 is 0. The van der Waals surface area contributed by atoms with Crippen LogP contribution >= 0.6 is 12.4 Å². The molecule has 0 radical (unpaired) electrons. The first kappa shape index (κ1) is 18.1. The van der Waals surface area contributed by atoms with Crippen molar-refractivity contribution in [2.45, 2.75) is 25.4 Å². The standard InChI is InChI=1S/C16H23FN4O.ClH/c1-16(22,11-21-8-6-18-7-9-21)5-4-14-13-3-2-12(17)10-15(13)20-19-14;/h2-3,10,18,22H,4-9,11H2,1H3,(H,19,20);1H. The Labute approximate surface area is 141 Å². The molecule has 3 rings (SSSR count). The molecule has 0 amide bonds. The molecule has 1 aromatic heterocycles. The summed E-state index contributed by atoms with van der Waals surface area (Å²) in [5, 5.41) is 22.0. The van der Waals surface area contributed by atoms with Gasteiger partial charge in [-0.2, -0.15) is 5.10 Å². The highest BCUT2D eigenvalue weighted by Gasteiger charge is 2.25. The lowest BCUT2D eigenvalue weighted by molar-refractivity contribution is 0.00943. The number of nitrogens with one attached hydrogen (secondary N) is 2. The molecule has 1 aliphatic heterocycles. The first-order valence-electron chi connectivity index (χ1n) is 7.81. The van der Waals surface area contributed by atoms with E-state index in [4.69, 9.17) is 0 Å². The fourth-order valence-electron chi connectivity index (χ4n) is 3.06. The van der Waals surface area contributed by atoms with Crippen molar-refractivity contribution in [1.29, 1.82) is 0 Å². The molecular weight excluding hydrogens is 319 g/mol. The van der Waals surface area contributed by atoms with E-state index in [1.807, 2.05) is 6.92 Å². The first-order chi connectivity index (χ1) is 10.5. The lowest BCUT2D eigenvalue weighted by atomic mass is 9.97. The Morgan fingerprint density at radius 2 is 2.09 bits per heavy atom. The van der Waals surface area contributed by atoms with Gasteiger partial charge in [0.15, 0.2) is 0 Å². The fourth-order valence-corrected chi connectivity index (χ4v) is 3.06. The van der Waals surface area contributed by atoms with Crippen molar-refractivity contribution in [2.75, 3.05) is 32.7 Å². The van der Waals surface area contributed by atoms with E-state index in [0.717, 1.165) is 37.3 Å². The Morgan fingerprint density at radius 1 is 1.35 bits per heavy atom. The number of benzene rings is 1. The third-order valence-electron chi connectivity index (χ3n) is 4.28. The summed E-state index contributed by atoms with van der Waals surface area (Å²) in [7, 11) is 0. The average molecular weight is 343 g/mol. The molecule has 1 saturated heterocycles. The molecule has 128 valence electrons. The largest absolute Gasteiger partial charge is 0.389 e. The van der Waals surface area contributed by atoms with Gasteiger partial charge in [0.05, 0.1) is 16.8 Å². The number of β-amino-alcohol motifs (C(OH)–C–C–N with tert-alkyl or cyclic N) is 1. The van der Waals surface area contributed by atoms with Gasteiger partial charge in [-0.3, -0.25) is 10.00 Å². The third kappa shape index (κ3) is 4.64. The van der Waals surface area contributed by atoms with Crippen LogP contribution < -0.4 is 5.32 Å². The Balaban J connectivity index is 0.00000192. The molecule has 5 nitrogen and oxygen atoms in total. The predicted molar refractivity (Wildman–Crippen MR) is 91.6 cm³/mol. The topological polar surface area (TPSA) is 64.2 Å². The zero-order valence-corrected chi connectivity index (χ0v) is 14.1. The van der Waals surface area contributed by atoms with Gasteiger partial charge in [-0.15, -0.1) is 12.4 Å². The van der Waals surface area contributed by atoms with E-state index >= 15 is 0 Å². The zero-order chi connectivity index (χ0) is 15.6. The number of fused-ring (bicyclic) bond motifs is 1. The number of aryl methyl sites for hydroxylation is 1. The minimum Gasteiger partial charge on any atom is -0.389 e. The maximum atomic E-state index is 13.2. The Hall–Kier alpha value is -1.21. The summed E-state index contributed by atoms with van der Waals surface area (Å²) in [4.78, 5) is 2.29. The van der Waals surface area contributed by atoms with E-state index in [1.54, 1.807) is 6.07 Å². The van der Waals surface area contributed by atoms with Crippen molar-refractivity contribution in [1.82, 2.24) is 20.4 Å². The zero-order valence-electron chi connectivity index (χ0n) is 13.3.